The SMILES string of the molecule is CCCNC(C)(CO)CCCN1CCOCC1(C)C. The highest BCUT2D eigenvalue weighted by Gasteiger charge is 2.30. The third-order valence-corrected chi connectivity index (χ3v) is 4.12. The van der Waals surface area contributed by atoms with E-state index >= 15 is 0 Å². The molecule has 1 aliphatic rings. The molecule has 19 heavy (non-hydrogen) atoms. The molecule has 1 aliphatic heterocycles. The zero-order valence-corrected chi connectivity index (χ0v) is 13.2. The summed E-state index contributed by atoms with van der Waals surface area (Å²) in [5.41, 5.74) is 0.0111. The summed E-state index contributed by atoms with van der Waals surface area (Å²) in [6, 6.07) is 0. The van der Waals surface area contributed by atoms with Crippen LogP contribution in [-0.2, 0) is 4.74 Å². The van der Waals surface area contributed by atoms with Gasteiger partial charge in [-0.25, -0.2) is 0 Å². The van der Waals surface area contributed by atoms with Gasteiger partial charge in [-0.1, -0.05) is 6.92 Å². The van der Waals surface area contributed by atoms with Gasteiger partial charge in [0.15, 0.2) is 0 Å². The van der Waals surface area contributed by atoms with Gasteiger partial charge in [0.2, 0.25) is 0 Å². The van der Waals surface area contributed by atoms with Crippen LogP contribution in [0.5, 0.6) is 0 Å². The average Bonchev–Trinajstić information content (AvgIpc) is 2.38. The number of hydrogen-bond donors (Lipinski definition) is 2. The van der Waals surface area contributed by atoms with E-state index in [1.807, 2.05) is 0 Å². The summed E-state index contributed by atoms with van der Waals surface area (Å²) in [7, 11) is 0. The number of ether oxygens (including phenoxy) is 1. The molecule has 0 spiro atoms. The Morgan fingerprint density at radius 2 is 2.16 bits per heavy atom. The molecule has 0 saturated carbocycles. The first kappa shape index (κ1) is 16.9. The highest BCUT2D eigenvalue weighted by molar-refractivity contribution is 4.86. The minimum atomic E-state index is -0.133. The second-order valence-corrected chi connectivity index (χ2v) is 6.60. The minimum absolute atomic E-state index is 0.133. The van der Waals surface area contributed by atoms with Crippen molar-refractivity contribution >= 4 is 0 Å². The van der Waals surface area contributed by atoms with Gasteiger partial charge in [0.25, 0.3) is 0 Å². The van der Waals surface area contributed by atoms with Gasteiger partial charge in [0.1, 0.15) is 0 Å². The number of aliphatic hydroxyl groups excluding tert-OH is 1. The summed E-state index contributed by atoms with van der Waals surface area (Å²) < 4.78 is 5.54. The zero-order chi connectivity index (χ0) is 14.4. The molecule has 0 aliphatic carbocycles. The predicted molar refractivity (Wildman–Crippen MR) is 79.5 cm³/mol. The molecule has 114 valence electrons. The van der Waals surface area contributed by atoms with Crippen molar-refractivity contribution in [1.82, 2.24) is 10.2 Å². The number of nitrogens with zero attached hydrogens (tertiary/aromatic N) is 1. The maximum absolute atomic E-state index is 9.56. The summed E-state index contributed by atoms with van der Waals surface area (Å²) >= 11 is 0. The number of morpholine rings is 1. The quantitative estimate of drug-likeness (QED) is 0.705. The largest absolute Gasteiger partial charge is 0.394 e. The zero-order valence-electron chi connectivity index (χ0n) is 13.2. The van der Waals surface area contributed by atoms with Gasteiger partial charge in [-0.3, -0.25) is 4.90 Å². The lowest BCUT2D eigenvalue weighted by Gasteiger charge is -2.42. The fraction of sp³-hybridized carbons (Fsp3) is 1.00. The number of aliphatic hydroxyl groups is 1. The van der Waals surface area contributed by atoms with Crippen molar-refractivity contribution in [3.63, 3.8) is 0 Å². The van der Waals surface area contributed by atoms with E-state index in [9.17, 15) is 5.11 Å². The van der Waals surface area contributed by atoms with Crippen LogP contribution >= 0.6 is 0 Å². The van der Waals surface area contributed by atoms with Crippen LogP contribution in [0, 0.1) is 0 Å². The van der Waals surface area contributed by atoms with E-state index in [0.29, 0.717) is 0 Å². The Hall–Kier alpha value is -0.160. The maximum atomic E-state index is 9.56. The number of rotatable bonds is 8. The molecule has 0 aromatic heterocycles. The Kier molecular flexibility index (Phi) is 6.74. The monoisotopic (exact) mass is 272 g/mol. The van der Waals surface area contributed by atoms with Crippen LogP contribution < -0.4 is 5.32 Å². The molecule has 1 heterocycles. The van der Waals surface area contributed by atoms with Gasteiger partial charge in [0, 0.05) is 17.6 Å². The molecule has 2 N–H and O–H groups in total. The first-order valence-corrected chi connectivity index (χ1v) is 7.62. The van der Waals surface area contributed by atoms with Crippen LogP contribution in [0.15, 0.2) is 0 Å². The van der Waals surface area contributed by atoms with Gasteiger partial charge in [-0.05, 0) is 53.1 Å². The van der Waals surface area contributed by atoms with Gasteiger partial charge >= 0.3 is 0 Å². The van der Waals surface area contributed by atoms with Crippen LogP contribution in [0.2, 0.25) is 0 Å². The molecular weight excluding hydrogens is 240 g/mol. The van der Waals surface area contributed by atoms with Crippen LogP contribution in [0.25, 0.3) is 0 Å². The molecule has 0 amide bonds. The molecule has 0 aromatic carbocycles. The topological polar surface area (TPSA) is 44.7 Å². The summed E-state index contributed by atoms with van der Waals surface area (Å²) in [5.74, 6) is 0. The van der Waals surface area contributed by atoms with Crippen LogP contribution in [0.4, 0.5) is 0 Å². The molecule has 1 atom stereocenters. The Labute approximate surface area is 118 Å². The molecule has 1 unspecified atom stereocenters. The van der Waals surface area contributed by atoms with Gasteiger partial charge in [-0.15, -0.1) is 0 Å². The van der Waals surface area contributed by atoms with Crippen LogP contribution in [0.3, 0.4) is 0 Å². The number of hydrogen-bond acceptors (Lipinski definition) is 4. The van der Waals surface area contributed by atoms with E-state index in [1.165, 1.54) is 0 Å². The third kappa shape index (κ3) is 5.38. The lowest BCUT2D eigenvalue weighted by atomic mass is 9.95. The Balaban J connectivity index is 2.35. The van der Waals surface area contributed by atoms with Crippen molar-refractivity contribution in [2.24, 2.45) is 0 Å². The fourth-order valence-corrected chi connectivity index (χ4v) is 2.62. The molecule has 0 radical (unpaired) electrons. The average molecular weight is 272 g/mol. The molecule has 4 nitrogen and oxygen atoms in total. The van der Waals surface area contributed by atoms with Crippen molar-refractivity contribution in [1.29, 1.82) is 0 Å². The molecular formula is C15H32N2O2. The van der Waals surface area contributed by atoms with E-state index in [-0.39, 0.29) is 17.7 Å². The van der Waals surface area contributed by atoms with E-state index in [0.717, 1.165) is 52.1 Å². The second-order valence-electron chi connectivity index (χ2n) is 6.60. The van der Waals surface area contributed by atoms with Gasteiger partial charge < -0.3 is 15.2 Å². The molecule has 4 heteroatoms. The van der Waals surface area contributed by atoms with Crippen molar-refractivity contribution in [2.75, 3.05) is 39.5 Å². The Morgan fingerprint density at radius 1 is 1.42 bits per heavy atom. The van der Waals surface area contributed by atoms with Gasteiger partial charge in [0.05, 0.1) is 19.8 Å². The Bertz CT molecular complexity index is 259. The van der Waals surface area contributed by atoms with Crippen molar-refractivity contribution in [2.45, 2.75) is 58.0 Å². The molecule has 1 saturated heterocycles. The summed E-state index contributed by atoms with van der Waals surface area (Å²) in [4.78, 5) is 2.51. The second kappa shape index (κ2) is 7.58. The fourth-order valence-electron chi connectivity index (χ4n) is 2.62. The van der Waals surface area contributed by atoms with E-state index in [4.69, 9.17) is 4.74 Å². The molecule has 1 rings (SSSR count). The third-order valence-electron chi connectivity index (χ3n) is 4.12. The lowest BCUT2D eigenvalue weighted by Crippen LogP contribution is -2.53. The van der Waals surface area contributed by atoms with E-state index in [1.54, 1.807) is 0 Å². The number of nitrogens with one attached hydrogen (secondary N) is 1. The van der Waals surface area contributed by atoms with E-state index < -0.39 is 0 Å². The Morgan fingerprint density at radius 3 is 2.74 bits per heavy atom. The predicted octanol–water partition coefficient (Wildman–Crippen LogP) is 1.63. The maximum Gasteiger partial charge on any atom is 0.0645 e. The highest BCUT2D eigenvalue weighted by Crippen LogP contribution is 2.20. The molecule has 0 aromatic rings. The summed E-state index contributed by atoms with van der Waals surface area (Å²) in [6.45, 7) is 13.7. The summed E-state index contributed by atoms with van der Waals surface area (Å²) in [6.07, 6.45) is 3.22. The highest BCUT2D eigenvalue weighted by atomic mass is 16.5. The standard InChI is InChI=1S/C15H32N2O2/c1-5-8-16-15(4,12-18)7-6-9-17-10-11-19-13-14(17,2)3/h16,18H,5-13H2,1-4H3. The van der Waals surface area contributed by atoms with Gasteiger partial charge in [-0.2, -0.15) is 0 Å². The van der Waals surface area contributed by atoms with Crippen LogP contribution in [0.1, 0.15) is 47.0 Å². The first-order valence-electron chi connectivity index (χ1n) is 7.62. The minimum Gasteiger partial charge on any atom is -0.394 e. The van der Waals surface area contributed by atoms with Crippen molar-refractivity contribution < 1.29 is 9.84 Å². The molecule has 0 bridgehead atoms. The summed E-state index contributed by atoms with van der Waals surface area (Å²) in [5, 5.41) is 13.0. The van der Waals surface area contributed by atoms with Crippen molar-refractivity contribution in [3.8, 4) is 0 Å². The molecule has 1 fully saturated rings. The van der Waals surface area contributed by atoms with Crippen LogP contribution in [-0.4, -0.2) is 60.5 Å². The smallest absolute Gasteiger partial charge is 0.0645 e. The lowest BCUT2D eigenvalue weighted by molar-refractivity contribution is -0.0521. The van der Waals surface area contributed by atoms with Crippen molar-refractivity contribution in [3.05, 3.63) is 0 Å². The first-order chi connectivity index (χ1) is 8.93. The normalized spacial score (nSPS) is 23.2. The van der Waals surface area contributed by atoms with E-state index in [2.05, 4.69) is 37.9 Å².